The predicted molar refractivity (Wildman–Crippen MR) is 109 cm³/mol. The number of methoxy groups -OCH3 is 1. The van der Waals surface area contributed by atoms with Gasteiger partial charge in [0.25, 0.3) is 0 Å². The highest BCUT2D eigenvalue weighted by Crippen LogP contribution is 2.36. The number of fused-ring (bicyclic) bond motifs is 1. The quantitative estimate of drug-likeness (QED) is 0.531. The van der Waals surface area contributed by atoms with E-state index in [1.165, 1.54) is 46.3 Å². The molecule has 2 aliphatic rings. The van der Waals surface area contributed by atoms with Crippen LogP contribution in [0, 0.1) is 11.8 Å². The molecule has 9 nitrogen and oxygen atoms in total. The van der Waals surface area contributed by atoms with Crippen molar-refractivity contribution in [2.75, 3.05) is 26.5 Å². The number of ether oxygens (including phenoxy) is 1. The van der Waals surface area contributed by atoms with Crippen molar-refractivity contribution < 1.29 is 27.5 Å². The molecule has 30 heavy (non-hydrogen) atoms. The number of carbonyl (C=O) groups is 3. The summed E-state index contributed by atoms with van der Waals surface area (Å²) >= 11 is 0. The Balaban J connectivity index is 1.82. The molecule has 1 fully saturated rings. The number of allylic oxidation sites excluding steroid dienone is 2. The van der Waals surface area contributed by atoms with Gasteiger partial charge < -0.3 is 10.1 Å². The molecule has 0 aromatic heterocycles. The predicted octanol–water partition coefficient (Wildman–Crippen LogP) is 1.22. The van der Waals surface area contributed by atoms with Crippen molar-refractivity contribution in [1.29, 1.82) is 0 Å². The van der Waals surface area contributed by atoms with Gasteiger partial charge in [-0.15, -0.1) is 0 Å². The highest BCUT2D eigenvalue weighted by Gasteiger charge is 2.50. The number of amides is 3. The van der Waals surface area contributed by atoms with E-state index in [0.717, 1.165) is 9.21 Å². The molecule has 3 rings (SSSR count). The average Bonchev–Trinajstić information content (AvgIpc) is 2.97. The number of likely N-dealkylation sites (tertiary alicyclic amines) is 1. The maximum absolute atomic E-state index is 12.8. The fourth-order valence-corrected chi connectivity index (χ4v) is 4.80. The van der Waals surface area contributed by atoms with Gasteiger partial charge in [0.2, 0.25) is 27.7 Å². The van der Waals surface area contributed by atoms with Gasteiger partial charge in [0.05, 0.1) is 18.9 Å². The highest BCUT2D eigenvalue weighted by molar-refractivity contribution is 7.89. The molecule has 3 unspecified atom stereocenters. The molecule has 3 atom stereocenters. The molecule has 3 amide bonds. The molecular formula is C20H25N3O6S. The summed E-state index contributed by atoms with van der Waals surface area (Å²) in [6.07, 6.45) is 4.74. The Morgan fingerprint density at radius 2 is 1.73 bits per heavy atom. The van der Waals surface area contributed by atoms with Gasteiger partial charge in [-0.1, -0.05) is 12.2 Å². The first-order valence-corrected chi connectivity index (χ1v) is 11.0. The van der Waals surface area contributed by atoms with Crippen molar-refractivity contribution in [1.82, 2.24) is 9.21 Å². The fourth-order valence-electron chi connectivity index (χ4n) is 3.72. The first-order valence-electron chi connectivity index (χ1n) is 9.53. The Hall–Kier alpha value is -2.72. The zero-order valence-corrected chi connectivity index (χ0v) is 18.1. The third kappa shape index (κ3) is 3.72. The summed E-state index contributed by atoms with van der Waals surface area (Å²) in [4.78, 5) is 39.1. The molecule has 1 aromatic carbocycles. The molecule has 1 heterocycles. The number of imide groups is 1. The van der Waals surface area contributed by atoms with E-state index < -0.39 is 33.8 Å². The van der Waals surface area contributed by atoms with Crippen LogP contribution in [0.5, 0.6) is 5.75 Å². The summed E-state index contributed by atoms with van der Waals surface area (Å²) in [5, 5.41) is 2.60. The normalized spacial score (nSPS) is 22.2. The van der Waals surface area contributed by atoms with Crippen molar-refractivity contribution in [3.63, 3.8) is 0 Å². The molecule has 0 saturated carbocycles. The fraction of sp³-hybridized carbons (Fsp3) is 0.450. The average molecular weight is 436 g/mol. The topological polar surface area (TPSA) is 113 Å². The summed E-state index contributed by atoms with van der Waals surface area (Å²) in [6.45, 7) is 1.48. The van der Waals surface area contributed by atoms with Gasteiger partial charge in [-0.25, -0.2) is 12.7 Å². The molecule has 1 N–H and O–H groups in total. The number of nitrogens with zero attached hydrogens (tertiary/aromatic N) is 2. The standard InChI is InChI=1S/C20H25N3O6S/c1-12(23-19(25)14-7-5-6-8-15(14)20(23)26)18(24)21-13-9-10-16(29-4)17(11-13)30(27,28)22(2)3/h5-6,9-12,14-15H,7-8H2,1-4H3,(H,21,24). The number of carbonyl (C=O) groups excluding carboxylic acids is 3. The van der Waals surface area contributed by atoms with Gasteiger partial charge in [0.15, 0.2) is 0 Å². The Kier molecular flexibility index (Phi) is 6.00. The van der Waals surface area contributed by atoms with Crippen LogP contribution in [0.25, 0.3) is 0 Å². The van der Waals surface area contributed by atoms with E-state index in [1.54, 1.807) is 0 Å². The second-order valence-corrected chi connectivity index (χ2v) is 9.64. The van der Waals surface area contributed by atoms with E-state index in [9.17, 15) is 22.8 Å². The zero-order valence-electron chi connectivity index (χ0n) is 17.3. The van der Waals surface area contributed by atoms with Gasteiger partial charge in [0, 0.05) is 19.8 Å². The van der Waals surface area contributed by atoms with Gasteiger partial charge in [0.1, 0.15) is 16.7 Å². The summed E-state index contributed by atoms with van der Waals surface area (Å²) in [5.74, 6) is -1.98. The molecule has 0 bridgehead atoms. The monoisotopic (exact) mass is 435 g/mol. The number of hydrogen-bond acceptors (Lipinski definition) is 6. The van der Waals surface area contributed by atoms with Crippen LogP contribution in [0.4, 0.5) is 5.69 Å². The number of hydrogen-bond donors (Lipinski definition) is 1. The summed E-state index contributed by atoms with van der Waals surface area (Å²) in [7, 11) is 0.316. The SMILES string of the molecule is COc1ccc(NC(=O)C(C)N2C(=O)C3CC=CCC3C2=O)cc1S(=O)(=O)N(C)C. The maximum atomic E-state index is 12.8. The van der Waals surface area contributed by atoms with Gasteiger partial charge in [-0.2, -0.15) is 0 Å². The van der Waals surface area contributed by atoms with Crippen LogP contribution in [0.15, 0.2) is 35.2 Å². The maximum Gasteiger partial charge on any atom is 0.247 e. The summed E-state index contributed by atoms with van der Waals surface area (Å²) in [6, 6.07) is 3.20. The van der Waals surface area contributed by atoms with Crippen molar-refractivity contribution in [2.24, 2.45) is 11.8 Å². The van der Waals surface area contributed by atoms with E-state index in [1.807, 2.05) is 12.2 Å². The number of sulfonamides is 1. The van der Waals surface area contributed by atoms with E-state index in [0.29, 0.717) is 12.8 Å². The number of rotatable bonds is 6. The van der Waals surface area contributed by atoms with Crippen LogP contribution < -0.4 is 10.1 Å². The first kappa shape index (κ1) is 22.0. The number of nitrogens with one attached hydrogen (secondary N) is 1. The van der Waals surface area contributed by atoms with Crippen molar-refractivity contribution in [3.05, 3.63) is 30.4 Å². The Morgan fingerprint density at radius 1 is 1.17 bits per heavy atom. The van der Waals surface area contributed by atoms with Gasteiger partial charge in [-0.3, -0.25) is 19.3 Å². The van der Waals surface area contributed by atoms with E-state index in [4.69, 9.17) is 4.74 Å². The number of benzene rings is 1. The van der Waals surface area contributed by atoms with E-state index >= 15 is 0 Å². The second kappa shape index (κ2) is 8.19. The lowest BCUT2D eigenvalue weighted by Crippen LogP contribution is -2.46. The van der Waals surface area contributed by atoms with Crippen molar-refractivity contribution >= 4 is 33.4 Å². The lowest BCUT2D eigenvalue weighted by Gasteiger charge is -2.23. The van der Waals surface area contributed by atoms with Crippen LogP contribution in [0.2, 0.25) is 0 Å². The molecule has 162 valence electrons. The lowest BCUT2D eigenvalue weighted by molar-refractivity contribution is -0.146. The van der Waals surface area contributed by atoms with Gasteiger partial charge >= 0.3 is 0 Å². The van der Waals surface area contributed by atoms with Gasteiger partial charge in [-0.05, 0) is 38.0 Å². The third-order valence-corrected chi connectivity index (χ3v) is 7.33. The first-order chi connectivity index (χ1) is 14.1. The molecule has 0 spiro atoms. The number of anilines is 1. The Bertz CT molecular complexity index is 991. The molecular weight excluding hydrogens is 410 g/mol. The summed E-state index contributed by atoms with van der Waals surface area (Å²) < 4.78 is 31.3. The molecule has 1 aliphatic heterocycles. The zero-order chi connectivity index (χ0) is 22.2. The molecule has 1 aromatic rings. The van der Waals surface area contributed by atoms with Crippen molar-refractivity contribution in [3.8, 4) is 5.75 Å². The van der Waals surface area contributed by atoms with E-state index in [-0.39, 0.29) is 28.1 Å². The molecule has 0 radical (unpaired) electrons. The van der Waals surface area contributed by atoms with Crippen molar-refractivity contribution in [2.45, 2.75) is 30.7 Å². The third-order valence-electron chi connectivity index (χ3n) is 5.50. The lowest BCUT2D eigenvalue weighted by atomic mass is 9.85. The molecule has 10 heteroatoms. The smallest absolute Gasteiger partial charge is 0.247 e. The summed E-state index contributed by atoms with van der Waals surface area (Å²) in [5.41, 5.74) is 0.214. The Morgan fingerprint density at radius 3 is 2.23 bits per heavy atom. The van der Waals surface area contributed by atoms with E-state index in [2.05, 4.69) is 5.32 Å². The minimum atomic E-state index is -3.81. The molecule has 1 saturated heterocycles. The highest BCUT2D eigenvalue weighted by atomic mass is 32.2. The van der Waals surface area contributed by atoms with Crippen LogP contribution in [-0.4, -0.2) is 62.6 Å². The second-order valence-electron chi connectivity index (χ2n) is 7.52. The largest absolute Gasteiger partial charge is 0.495 e. The minimum Gasteiger partial charge on any atom is -0.495 e. The Labute approximate surface area is 175 Å². The van der Waals surface area contributed by atoms with Crippen LogP contribution >= 0.6 is 0 Å². The van der Waals surface area contributed by atoms with Crippen LogP contribution in [0.1, 0.15) is 19.8 Å². The van der Waals surface area contributed by atoms with Crippen LogP contribution in [0.3, 0.4) is 0 Å². The van der Waals surface area contributed by atoms with Crippen LogP contribution in [-0.2, 0) is 24.4 Å². The minimum absolute atomic E-state index is 0.106. The molecule has 1 aliphatic carbocycles.